The minimum absolute atomic E-state index is 0. The summed E-state index contributed by atoms with van der Waals surface area (Å²) in [5, 5.41) is 6.79. The van der Waals surface area contributed by atoms with Crippen LogP contribution in [0.2, 0.25) is 38.8 Å². The Labute approximate surface area is 261 Å². The maximum absolute atomic E-state index is 6.30. The molecule has 3 aromatic rings. The number of halogens is 2. The Hall–Kier alpha value is -1.00. The minimum atomic E-state index is -1.70. The molecule has 5 rings (SSSR count). The summed E-state index contributed by atoms with van der Waals surface area (Å²) in [6, 6.07) is 23.6. The van der Waals surface area contributed by atoms with Crippen LogP contribution in [-0.4, -0.2) is 23.0 Å². The normalized spacial score (nSPS) is 15.0. The molecule has 0 bridgehead atoms. The Morgan fingerprint density at radius 1 is 0.842 bits per heavy atom. The number of hydrogen-bond acceptors (Lipinski definition) is 1. The molecule has 1 radical (unpaired) electrons. The fourth-order valence-electron chi connectivity index (χ4n) is 5.64. The molecule has 6 heteroatoms. The van der Waals surface area contributed by atoms with Gasteiger partial charge in [-0.1, -0.05) is 95.3 Å². The van der Waals surface area contributed by atoms with Crippen LogP contribution in [0.15, 0.2) is 66.7 Å². The largest absolute Gasteiger partial charge is 3.00 e. The van der Waals surface area contributed by atoms with E-state index in [0.717, 1.165) is 12.7 Å². The van der Waals surface area contributed by atoms with Crippen molar-refractivity contribution in [3.63, 3.8) is 0 Å². The second-order valence-electron chi connectivity index (χ2n) is 11.9. The van der Waals surface area contributed by atoms with Crippen LogP contribution in [0.4, 0.5) is 0 Å². The Balaban J connectivity index is 0.00000169. The van der Waals surface area contributed by atoms with E-state index in [1.165, 1.54) is 48.7 Å². The Bertz CT molecular complexity index is 1570. The van der Waals surface area contributed by atoms with E-state index in [0.29, 0.717) is 0 Å². The van der Waals surface area contributed by atoms with Crippen LogP contribution in [0.3, 0.4) is 0 Å². The summed E-state index contributed by atoms with van der Waals surface area (Å²) in [6.07, 6.45) is 6.42. The van der Waals surface area contributed by atoms with Gasteiger partial charge in [-0.25, -0.2) is 0 Å². The molecule has 197 valence electrons. The molecule has 0 spiro atoms. The SMILES string of the molecule is CC(C)=c1ccc2c(c1C1C=C([Si](C)(C)CCO[Si](C)(C)C)c3ccccc31)[C-]=c1ccccc1=2.[Cl-].[Cl-].[Zr+3]. The standard InChI is InChI=1S/C32H37OSi2.2ClH.Zr/c1-22(2)24-16-17-27-25-13-9-8-12-23(25)20-29(27)32(24)30-21-31(28-15-11-10-14-26(28)30)35(6,7)19-18-33-34(3,4)5;;;/h8-17,21,30H,18-19H2,1-7H3;2*1H;/q-1;;;+3/p-2. The first-order valence-corrected chi connectivity index (χ1v) is 19.5. The molecule has 2 aliphatic carbocycles. The number of fused-ring (bicyclic) bond motifs is 3. The number of hydrogen-bond donors (Lipinski definition) is 0. The van der Waals surface area contributed by atoms with Gasteiger partial charge in [0.05, 0.1) is 8.07 Å². The Morgan fingerprint density at radius 3 is 2.18 bits per heavy atom. The summed E-state index contributed by atoms with van der Waals surface area (Å²) in [7, 11) is -3.20. The van der Waals surface area contributed by atoms with Crippen molar-refractivity contribution in [2.24, 2.45) is 0 Å². The van der Waals surface area contributed by atoms with Gasteiger partial charge < -0.3 is 29.2 Å². The average Bonchev–Trinajstić information content (AvgIpc) is 3.36. The summed E-state index contributed by atoms with van der Waals surface area (Å²) < 4.78 is 6.30. The summed E-state index contributed by atoms with van der Waals surface area (Å²) >= 11 is 0. The third-order valence-electron chi connectivity index (χ3n) is 7.48. The van der Waals surface area contributed by atoms with Gasteiger partial charge in [-0.2, -0.15) is 0 Å². The quantitative estimate of drug-likeness (QED) is 0.221. The van der Waals surface area contributed by atoms with Crippen LogP contribution < -0.4 is 35.3 Å². The van der Waals surface area contributed by atoms with Crippen molar-refractivity contribution in [2.45, 2.75) is 58.5 Å². The van der Waals surface area contributed by atoms with E-state index in [1.807, 2.05) is 0 Å². The van der Waals surface area contributed by atoms with Gasteiger partial charge in [0.15, 0.2) is 8.32 Å². The van der Waals surface area contributed by atoms with Gasteiger partial charge in [0.1, 0.15) is 0 Å². The van der Waals surface area contributed by atoms with E-state index in [9.17, 15) is 0 Å². The van der Waals surface area contributed by atoms with E-state index in [4.69, 9.17) is 4.43 Å². The molecule has 38 heavy (non-hydrogen) atoms. The summed E-state index contributed by atoms with van der Waals surface area (Å²) in [5.74, 6) is 0.257. The molecule has 0 amide bonds. The van der Waals surface area contributed by atoms with Gasteiger partial charge in [-0.3, -0.25) is 0 Å². The molecule has 0 aliphatic heterocycles. The average molecular weight is 656 g/mol. The predicted octanol–water partition coefficient (Wildman–Crippen LogP) is 0.817. The maximum atomic E-state index is 6.30. The van der Waals surface area contributed by atoms with E-state index in [-0.39, 0.29) is 56.9 Å². The van der Waals surface area contributed by atoms with Crippen molar-refractivity contribution in [1.29, 1.82) is 0 Å². The summed E-state index contributed by atoms with van der Waals surface area (Å²) in [4.78, 5) is 0. The van der Waals surface area contributed by atoms with Crippen LogP contribution in [-0.2, 0) is 30.6 Å². The smallest absolute Gasteiger partial charge is 1.00 e. The minimum Gasteiger partial charge on any atom is -1.00 e. The molecule has 1 unspecified atom stereocenters. The fraction of sp³-hybridized carbons (Fsp3) is 0.312. The van der Waals surface area contributed by atoms with Crippen molar-refractivity contribution >= 4 is 33.2 Å². The van der Waals surface area contributed by atoms with Crippen molar-refractivity contribution in [3.8, 4) is 0 Å². The summed E-state index contributed by atoms with van der Waals surface area (Å²) in [6.45, 7) is 17.3. The molecule has 1 atom stereocenters. The van der Waals surface area contributed by atoms with Gasteiger partial charge in [0.2, 0.25) is 0 Å². The third kappa shape index (κ3) is 6.32. The predicted molar refractivity (Wildman–Crippen MR) is 155 cm³/mol. The zero-order chi connectivity index (χ0) is 25.0. The molecule has 0 fully saturated rings. The van der Waals surface area contributed by atoms with Crippen LogP contribution in [0.25, 0.3) is 16.8 Å². The van der Waals surface area contributed by atoms with Crippen molar-refractivity contribution in [1.82, 2.24) is 0 Å². The second kappa shape index (κ2) is 12.7. The van der Waals surface area contributed by atoms with E-state index < -0.39 is 16.4 Å². The topological polar surface area (TPSA) is 9.23 Å². The van der Waals surface area contributed by atoms with Gasteiger partial charge in [-0.15, -0.1) is 33.4 Å². The maximum Gasteiger partial charge on any atom is 3.00 e. The third-order valence-corrected chi connectivity index (χ3v) is 11.9. The number of benzene rings is 3. The molecular formula is C32H37Cl2OSi2Zr. The first-order chi connectivity index (χ1) is 16.6. The van der Waals surface area contributed by atoms with Crippen molar-refractivity contribution in [3.05, 3.63) is 110 Å². The molecule has 3 aromatic carbocycles. The zero-order valence-electron chi connectivity index (χ0n) is 23.5. The molecule has 0 aromatic heterocycles. The molecular weight excluding hydrogens is 619 g/mol. The van der Waals surface area contributed by atoms with Gasteiger partial charge >= 0.3 is 26.2 Å². The van der Waals surface area contributed by atoms with Gasteiger partial charge in [0.25, 0.3) is 0 Å². The van der Waals surface area contributed by atoms with Crippen molar-refractivity contribution in [2.75, 3.05) is 6.61 Å². The molecule has 0 N–H and O–H groups in total. The van der Waals surface area contributed by atoms with E-state index in [2.05, 4.69) is 119 Å². The molecule has 2 aliphatic rings. The van der Waals surface area contributed by atoms with Crippen LogP contribution in [0.1, 0.15) is 42.0 Å². The second-order valence-corrected chi connectivity index (χ2v) is 21.2. The van der Waals surface area contributed by atoms with Gasteiger partial charge in [0, 0.05) is 12.5 Å². The molecule has 1 nitrogen and oxygen atoms in total. The van der Waals surface area contributed by atoms with Crippen LogP contribution in [0, 0.1) is 10.4 Å². The number of allylic oxidation sites excluding steroid dienone is 1. The first kappa shape index (κ1) is 33.2. The first-order valence-electron chi connectivity index (χ1n) is 12.9. The van der Waals surface area contributed by atoms with Gasteiger partial charge in [-0.05, 0) is 50.7 Å². The molecule has 0 saturated heterocycles. The Morgan fingerprint density at radius 2 is 1.50 bits per heavy atom. The van der Waals surface area contributed by atoms with Crippen LogP contribution >= 0.6 is 0 Å². The Kier molecular flexibility index (Phi) is 11.1. The zero-order valence-corrected chi connectivity index (χ0v) is 29.5. The number of rotatable bonds is 6. The monoisotopic (exact) mass is 653 g/mol. The van der Waals surface area contributed by atoms with Crippen LogP contribution in [0.5, 0.6) is 0 Å². The molecule has 0 saturated carbocycles. The summed E-state index contributed by atoms with van der Waals surface area (Å²) in [5.41, 5.74) is 6.96. The fourth-order valence-corrected chi connectivity index (χ4v) is 9.01. The molecule has 0 heterocycles. The van der Waals surface area contributed by atoms with Crippen molar-refractivity contribution < 1.29 is 55.4 Å². The van der Waals surface area contributed by atoms with E-state index >= 15 is 0 Å². The van der Waals surface area contributed by atoms with E-state index in [1.54, 1.807) is 5.20 Å².